The summed E-state index contributed by atoms with van der Waals surface area (Å²) in [5.41, 5.74) is 4.71. The molecule has 2 aromatic carbocycles. The average Bonchev–Trinajstić information content (AvgIpc) is 3.04. The summed E-state index contributed by atoms with van der Waals surface area (Å²) in [6, 6.07) is 14.5. The monoisotopic (exact) mass is 512 g/mol. The summed E-state index contributed by atoms with van der Waals surface area (Å²) in [5, 5.41) is 0.173. The van der Waals surface area contributed by atoms with Crippen molar-refractivity contribution in [2.75, 3.05) is 20.3 Å². The molecular weight excluding hydrogens is 468 g/mol. The van der Waals surface area contributed by atoms with Crippen LogP contribution in [0.15, 0.2) is 42.5 Å². The Bertz CT molecular complexity index is 1060. The molecule has 0 fully saturated rings. The van der Waals surface area contributed by atoms with Gasteiger partial charge in [0.25, 0.3) is 0 Å². The SMILES string of the molecule is COC(=O)c1ccc2c(c1)C(CO[Si](C)(C)C(C)(C)C)(CO[Si](C)(C)C(C)(C)C)c1ccccc1-2. The molecule has 35 heavy (non-hydrogen) atoms. The smallest absolute Gasteiger partial charge is 0.337 e. The van der Waals surface area contributed by atoms with Gasteiger partial charge in [-0.1, -0.05) is 71.9 Å². The Morgan fingerprint density at radius 2 is 1.26 bits per heavy atom. The molecular formula is C29H44O4Si2. The molecule has 3 rings (SSSR count). The van der Waals surface area contributed by atoms with Crippen LogP contribution < -0.4 is 0 Å². The van der Waals surface area contributed by atoms with E-state index in [-0.39, 0.29) is 16.0 Å². The van der Waals surface area contributed by atoms with Gasteiger partial charge in [0.05, 0.1) is 18.1 Å². The lowest BCUT2D eigenvalue weighted by Gasteiger charge is -2.43. The van der Waals surface area contributed by atoms with Gasteiger partial charge in [-0.25, -0.2) is 4.79 Å². The highest BCUT2D eigenvalue weighted by Crippen LogP contribution is 2.51. The largest absolute Gasteiger partial charge is 0.465 e. The second kappa shape index (κ2) is 9.29. The van der Waals surface area contributed by atoms with Crippen LogP contribution in [-0.2, 0) is 19.0 Å². The van der Waals surface area contributed by atoms with Crippen LogP contribution in [0.3, 0.4) is 0 Å². The second-order valence-corrected chi connectivity index (χ2v) is 22.6. The lowest BCUT2D eigenvalue weighted by Crippen LogP contribution is -2.49. The zero-order chi connectivity index (χ0) is 26.4. The number of methoxy groups -OCH3 is 1. The third-order valence-electron chi connectivity index (χ3n) is 8.66. The molecule has 1 aliphatic rings. The molecule has 6 heteroatoms. The maximum Gasteiger partial charge on any atom is 0.337 e. The van der Waals surface area contributed by atoms with Crippen LogP contribution in [-0.4, -0.2) is 42.9 Å². The first kappa shape index (κ1) is 27.8. The third kappa shape index (κ3) is 5.08. The van der Waals surface area contributed by atoms with E-state index < -0.39 is 22.0 Å². The van der Waals surface area contributed by atoms with Gasteiger partial charge in [-0.05, 0) is 70.7 Å². The van der Waals surface area contributed by atoms with Crippen LogP contribution in [0.5, 0.6) is 0 Å². The minimum absolute atomic E-state index is 0.0866. The predicted octanol–water partition coefficient (Wildman–Crippen LogP) is 7.78. The summed E-state index contributed by atoms with van der Waals surface area (Å²) in [7, 11) is -2.67. The van der Waals surface area contributed by atoms with Gasteiger partial charge in [-0.15, -0.1) is 0 Å². The van der Waals surface area contributed by atoms with Gasteiger partial charge in [0, 0.05) is 13.2 Å². The highest BCUT2D eigenvalue weighted by Gasteiger charge is 2.49. The minimum atomic E-state index is -2.05. The quantitative estimate of drug-likeness (QED) is 0.281. The number of carbonyl (C=O) groups excluding carboxylic acids is 1. The fourth-order valence-corrected chi connectivity index (χ4v) is 6.17. The summed E-state index contributed by atoms with van der Waals surface area (Å²) in [5.74, 6) is -0.326. The van der Waals surface area contributed by atoms with Crippen molar-refractivity contribution in [2.24, 2.45) is 0 Å². The molecule has 2 aromatic rings. The van der Waals surface area contributed by atoms with E-state index in [1.165, 1.54) is 18.2 Å². The summed E-state index contributed by atoms with van der Waals surface area (Å²) in [6.07, 6.45) is 0. The number of fused-ring (bicyclic) bond motifs is 3. The van der Waals surface area contributed by atoms with Gasteiger partial charge >= 0.3 is 5.97 Å². The molecule has 4 nitrogen and oxygen atoms in total. The van der Waals surface area contributed by atoms with Crippen LogP contribution in [0.2, 0.25) is 36.3 Å². The molecule has 0 saturated heterocycles. The predicted molar refractivity (Wildman–Crippen MR) is 150 cm³/mol. The van der Waals surface area contributed by atoms with Crippen LogP contribution in [0.4, 0.5) is 0 Å². The van der Waals surface area contributed by atoms with E-state index >= 15 is 0 Å². The van der Waals surface area contributed by atoms with Gasteiger partial charge in [-0.3, -0.25) is 0 Å². The average molecular weight is 513 g/mol. The molecule has 0 aromatic heterocycles. The molecule has 192 valence electrons. The molecule has 0 bridgehead atoms. The Kier molecular flexibility index (Phi) is 7.39. The molecule has 0 unspecified atom stereocenters. The topological polar surface area (TPSA) is 44.8 Å². The number of carbonyl (C=O) groups is 1. The summed E-state index contributed by atoms with van der Waals surface area (Å²) < 4.78 is 18.9. The van der Waals surface area contributed by atoms with Gasteiger partial charge in [0.1, 0.15) is 0 Å². The van der Waals surface area contributed by atoms with E-state index in [4.69, 9.17) is 13.6 Å². The van der Waals surface area contributed by atoms with Crippen molar-refractivity contribution in [3.63, 3.8) is 0 Å². The van der Waals surface area contributed by atoms with E-state index in [0.29, 0.717) is 18.8 Å². The molecule has 0 spiro atoms. The first-order valence-corrected chi connectivity index (χ1v) is 18.4. The normalized spacial score (nSPS) is 15.5. The second-order valence-electron chi connectivity index (χ2n) is 13.0. The fraction of sp³-hybridized carbons (Fsp3) is 0.552. The number of ether oxygens (including phenoxy) is 1. The lowest BCUT2D eigenvalue weighted by atomic mass is 9.79. The molecule has 0 atom stereocenters. The highest BCUT2D eigenvalue weighted by atomic mass is 28.4. The number of hydrogen-bond acceptors (Lipinski definition) is 4. The van der Waals surface area contributed by atoms with Gasteiger partial charge in [-0.2, -0.15) is 0 Å². The molecule has 0 saturated carbocycles. The van der Waals surface area contributed by atoms with Crippen molar-refractivity contribution in [3.05, 3.63) is 59.2 Å². The summed E-state index contributed by atoms with van der Waals surface area (Å²) >= 11 is 0. The zero-order valence-corrected chi connectivity index (χ0v) is 25.6. The number of rotatable bonds is 7. The minimum Gasteiger partial charge on any atom is -0.465 e. The van der Waals surface area contributed by atoms with E-state index in [1.54, 1.807) is 0 Å². The van der Waals surface area contributed by atoms with Crippen molar-refractivity contribution in [1.82, 2.24) is 0 Å². The molecule has 0 heterocycles. The maximum absolute atomic E-state index is 12.5. The lowest BCUT2D eigenvalue weighted by molar-refractivity contribution is 0.0600. The standard InChI is InChI=1S/C29H44O4Si2/c1-27(2,3)34(8,9)32-19-29(20-33-35(10,11)28(4,5)6)24-15-13-12-14-22(24)23-17-16-21(18-25(23)29)26(30)31-7/h12-18H,19-20H2,1-11H3. The Balaban J connectivity index is 2.21. The highest BCUT2D eigenvalue weighted by molar-refractivity contribution is 6.74. The van der Waals surface area contributed by atoms with Crippen LogP contribution in [0.1, 0.15) is 63.0 Å². The van der Waals surface area contributed by atoms with E-state index in [0.717, 1.165) is 11.1 Å². The number of hydrogen-bond donors (Lipinski definition) is 0. The molecule has 0 amide bonds. The van der Waals surface area contributed by atoms with Crippen LogP contribution in [0.25, 0.3) is 11.1 Å². The van der Waals surface area contributed by atoms with Gasteiger partial charge in [0.15, 0.2) is 16.6 Å². The van der Waals surface area contributed by atoms with E-state index in [1.807, 2.05) is 12.1 Å². The zero-order valence-electron chi connectivity index (χ0n) is 23.6. The van der Waals surface area contributed by atoms with Crippen molar-refractivity contribution in [2.45, 2.75) is 83.2 Å². The van der Waals surface area contributed by atoms with Crippen LogP contribution in [0, 0.1) is 0 Å². The molecule has 0 N–H and O–H groups in total. The van der Waals surface area contributed by atoms with E-state index in [2.05, 4.69) is 98.1 Å². The summed E-state index contributed by atoms with van der Waals surface area (Å²) in [4.78, 5) is 12.5. The van der Waals surface area contributed by atoms with Crippen molar-refractivity contribution in [1.29, 1.82) is 0 Å². The summed E-state index contributed by atoms with van der Waals surface area (Å²) in [6.45, 7) is 23.8. The fourth-order valence-electron chi connectivity index (χ4n) is 4.09. The first-order valence-electron chi connectivity index (χ1n) is 12.6. The Morgan fingerprint density at radius 1 is 0.771 bits per heavy atom. The molecule has 1 aliphatic carbocycles. The Labute approximate surface area is 214 Å². The first-order chi connectivity index (χ1) is 16.0. The maximum atomic E-state index is 12.5. The Morgan fingerprint density at radius 3 is 1.74 bits per heavy atom. The Hall–Kier alpha value is -1.74. The molecule has 0 radical (unpaired) electrons. The van der Waals surface area contributed by atoms with Crippen molar-refractivity contribution < 1.29 is 18.4 Å². The number of esters is 1. The van der Waals surface area contributed by atoms with Crippen molar-refractivity contribution >= 4 is 22.6 Å². The van der Waals surface area contributed by atoms with Gasteiger partial charge < -0.3 is 13.6 Å². The van der Waals surface area contributed by atoms with Crippen LogP contribution >= 0.6 is 0 Å². The van der Waals surface area contributed by atoms with Crippen molar-refractivity contribution in [3.8, 4) is 11.1 Å². The van der Waals surface area contributed by atoms with E-state index in [9.17, 15) is 4.79 Å². The third-order valence-corrected chi connectivity index (χ3v) is 17.6. The molecule has 0 aliphatic heterocycles. The van der Waals surface area contributed by atoms with Gasteiger partial charge in [0.2, 0.25) is 0 Å². The number of benzene rings is 2.